The summed E-state index contributed by atoms with van der Waals surface area (Å²) < 4.78 is 37.2. The summed E-state index contributed by atoms with van der Waals surface area (Å²) >= 11 is 0. The summed E-state index contributed by atoms with van der Waals surface area (Å²) in [5, 5.41) is 10.4. The number of para-hydroxylation sites is 1. The molecule has 1 unspecified atom stereocenters. The highest BCUT2D eigenvalue weighted by molar-refractivity contribution is 5.88. The lowest BCUT2D eigenvalue weighted by Crippen LogP contribution is -2.17. The van der Waals surface area contributed by atoms with Gasteiger partial charge in [-0.2, -0.15) is 0 Å². The van der Waals surface area contributed by atoms with Gasteiger partial charge in [-0.05, 0) is 62.6 Å². The molecule has 1 N–H and O–H groups in total. The second kappa shape index (κ2) is 10.2. The third-order valence-corrected chi connectivity index (χ3v) is 7.07. The summed E-state index contributed by atoms with van der Waals surface area (Å²) in [5.74, 6) is 0.535. The minimum absolute atomic E-state index is 0.153. The molecule has 1 saturated heterocycles. The molecule has 0 bridgehead atoms. The van der Waals surface area contributed by atoms with Crippen molar-refractivity contribution in [3.05, 3.63) is 83.6 Å². The minimum atomic E-state index is -2.57. The zero-order valence-electron chi connectivity index (χ0n) is 21.2. The quantitative estimate of drug-likeness (QED) is 0.396. The summed E-state index contributed by atoms with van der Waals surface area (Å²) in [6.45, 7) is 9.13. The summed E-state index contributed by atoms with van der Waals surface area (Å²) in [7, 11) is 0. The van der Waals surface area contributed by atoms with Gasteiger partial charge in [-0.1, -0.05) is 30.8 Å². The Morgan fingerprint density at radius 1 is 1.16 bits per heavy atom. The number of nitrogens with zero attached hydrogens (tertiary/aromatic N) is 2. The van der Waals surface area contributed by atoms with Crippen LogP contribution in [-0.2, 0) is 16.9 Å². The van der Waals surface area contributed by atoms with Crippen molar-refractivity contribution in [1.82, 2.24) is 4.98 Å². The number of hydrogen-bond donors (Lipinski definition) is 1. The first kappa shape index (κ1) is 25.4. The maximum Gasteiger partial charge on any atom is 0.272 e. The Kier molecular flexibility index (Phi) is 7.01. The summed E-state index contributed by atoms with van der Waals surface area (Å²) in [6, 6.07) is 17.1. The maximum absolute atomic E-state index is 13.0. The van der Waals surface area contributed by atoms with E-state index < -0.39 is 18.6 Å². The van der Waals surface area contributed by atoms with Gasteiger partial charge in [0.15, 0.2) is 0 Å². The summed E-state index contributed by atoms with van der Waals surface area (Å²) in [6.07, 6.45) is -0.629. The standard InChI is InChI=1S/C30H32F2N2O3/c1-19-24-15-26(20-7-6-14-36-17-20)33-29(23-8-4-5-9-27(23)37-18-28(31)32)25(24)16-34(19)22-12-10-21(11-13-22)30(2,3)35/h4-5,8-13,15,20,28,35H,1,6-7,14,16-18H2,2-3H3. The molecular weight excluding hydrogens is 474 g/mol. The monoisotopic (exact) mass is 506 g/mol. The third kappa shape index (κ3) is 5.24. The summed E-state index contributed by atoms with van der Waals surface area (Å²) in [4.78, 5) is 7.21. The SMILES string of the molecule is C=C1c2cc(C3CCCOC3)nc(-c3ccccc3OCC(F)F)c2CN1c1ccc(C(C)(C)O)cc1. The van der Waals surface area contributed by atoms with E-state index in [2.05, 4.69) is 17.5 Å². The van der Waals surface area contributed by atoms with E-state index in [-0.39, 0.29) is 5.92 Å². The molecule has 0 saturated carbocycles. The Morgan fingerprint density at radius 2 is 1.92 bits per heavy atom. The number of halogens is 2. The van der Waals surface area contributed by atoms with Crippen molar-refractivity contribution in [2.45, 2.75) is 51.2 Å². The lowest BCUT2D eigenvalue weighted by atomic mass is 9.93. The van der Waals surface area contributed by atoms with Crippen LogP contribution in [0.3, 0.4) is 0 Å². The molecule has 2 aliphatic heterocycles. The van der Waals surface area contributed by atoms with Crippen LogP contribution in [0.25, 0.3) is 17.0 Å². The first-order valence-electron chi connectivity index (χ1n) is 12.6. The topological polar surface area (TPSA) is 54.8 Å². The van der Waals surface area contributed by atoms with Crippen LogP contribution < -0.4 is 9.64 Å². The molecule has 1 aromatic heterocycles. The van der Waals surface area contributed by atoms with Crippen LogP contribution in [0.2, 0.25) is 0 Å². The molecule has 2 aliphatic rings. The Labute approximate surface area is 216 Å². The second-order valence-corrected chi connectivity index (χ2v) is 10.2. The number of hydrogen-bond acceptors (Lipinski definition) is 5. The van der Waals surface area contributed by atoms with Gasteiger partial charge in [-0.3, -0.25) is 4.98 Å². The fourth-order valence-corrected chi connectivity index (χ4v) is 5.05. The normalized spacial score (nSPS) is 17.8. The largest absolute Gasteiger partial charge is 0.487 e. The highest BCUT2D eigenvalue weighted by Gasteiger charge is 2.31. The molecule has 5 nitrogen and oxygen atoms in total. The fraction of sp³-hybridized carbons (Fsp3) is 0.367. The predicted molar refractivity (Wildman–Crippen MR) is 141 cm³/mol. The molecule has 0 aliphatic carbocycles. The Hall–Kier alpha value is -3.29. The van der Waals surface area contributed by atoms with E-state index in [0.717, 1.165) is 58.9 Å². The van der Waals surface area contributed by atoms with Crippen molar-refractivity contribution in [2.75, 3.05) is 24.7 Å². The number of rotatable bonds is 7. The lowest BCUT2D eigenvalue weighted by molar-refractivity contribution is 0.0785. The average Bonchev–Trinajstić information content (AvgIpc) is 3.23. The van der Waals surface area contributed by atoms with E-state index in [1.165, 1.54) is 0 Å². The van der Waals surface area contributed by atoms with E-state index in [9.17, 15) is 13.9 Å². The average molecular weight is 507 g/mol. The molecule has 0 radical (unpaired) electrons. The van der Waals surface area contributed by atoms with E-state index in [4.69, 9.17) is 14.5 Å². The van der Waals surface area contributed by atoms with Gasteiger partial charge in [0.2, 0.25) is 0 Å². The number of fused-ring (bicyclic) bond motifs is 1. The number of benzene rings is 2. The molecule has 2 aromatic carbocycles. The van der Waals surface area contributed by atoms with Crippen LogP contribution in [0.1, 0.15) is 55.0 Å². The predicted octanol–water partition coefficient (Wildman–Crippen LogP) is 6.50. The Morgan fingerprint density at radius 3 is 2.59 bits per heavy atom. The van der Waals surface area contributed by atoms with Crippen LogP contribution in [0, 0.1) is 0 Å². The highest BCUT2D eigenvalue weighted by Crippen LogP contribution is 2.44. The van der Waals surface area contributed by atoms with Gasteiger partial charge in [-0.25, -0.2) is 8.78 Å². The number of ether oxygens (including phenoxy) is 2. The molecule has 5 rings (SSSR count). The van der Waals surface area contributed by atoms with E-state index >= 15 is 0 Å². The second-order valence-electron chi connectivity index (χ2n) is 10.2. The van der Waals surface area contributed by atoms with E-state index in [1.807, 2.05) is 36.4 Å². The number of anilines is 1. The van der Waals surface area contributed by atoms with Crippen LogP contribution in [0.5, 0.6) is 5.75 Å². The van der Waals surface area contributed by atoms with Crippen LogP contribution in [0.15, 0.2) is 61.2 Å². The molecule has 37 heavy (non-hydrogen) atoms. The van der Waals surface area contributed by atoms with Gasteiger partial charge >= 0.3 is 0 Å². The Balaban J connectivity index is 1.58. The van der Waals surface area contributed by atoms with Crippen molar-refractivity contribution in [3.63, 3.8) is 0 Å². The van der Waals surface area contributed by atoms with Crippen molar-refractivity contribution in [3.8, 4) is 17.0 Å². The molecule has 3 aromatic rings. The zero-order chi connectivity index (χ0) is 26.2. The van der Waals surface area contributed by atoms with Crippen molar-refractivity contribution >= 4 is 11.4 Å². The molecule has 1 atom stereocenters. The highest BCUT2D eigenvalue weighted by atomic mass is 19.3. The Bertz CT molecular complexity index is 1280. The van der Waals surface area contributed by atoms with Gasteiger partial charge in [0.05, 0.1) is 24.4 Å². The zero-order valence-corrected chi connectivity index (χ0v) is 21.2. The molecular formula is C30H32F2N2O3. The van der Waals surface area contributed by atoms with Crippen molar-refractivity contribution in [2.24, 2.45) is 0 Å². The van der Waals surface area contributed by atoms with Gasteiger partial charge in [0.1, 0.15) is 12.4 Å². The number of aliphatic hydroxyl groups is 1. The first-order valence-corrected chi connectivity index (χ1v) is 12.6. The van der Waals surface area contributed by atoms with Crippen molar-refractivity contribution in [1.29, 1.82) is 0 Å². The maximum atomic E-state index is 13.0. The summed E-state index contributed by atoms with van der Waals surface area (Å²) in [5.41, 5.74) is 5.97. The molecule has 0 amide bonds. The molecule has 1 fully saturated rings. The molecule has 0 spiro atoms. The van der Waals surface area contributed by atoms with Crippen molar-refractivity contribution < 1.29 is 23.4 Å². The smallest absolute Gasteiger partial charge is 0.272 e. The van der Waals surface area contributed by atoms with Gasteiger partial charge in [0.25, 0.3) is 6.43 Å². The fourth-order valence-electron chi connectivity index (χ4n) is 5.05. The number of alkyl halides is 2. The molecule has 7 heteroatoms. The van der Waals surface area contributed by atoms with Gasteiger partial charge in [0, 0.05) is 46.3 Å². The minimum Gasteiger partial charge on any atom is -0.487 e. The van der Waals surface area contributed by atoms with Crippen LogP contribution in [-0.4, -0.2) is 36.3 Å². The van der Waals surface area contributed by atoms with Gasteiger partial charge < -0.3 is 19.5 Å². The first-order chi connectivity index (χ1) is 17.7. The van der Waals surface area contributed by atoms with Crippen LogP contribution in [0.4, 0.5) is 14.5 Å². The van der Waals surface area contributed by atoms with E-state index in [0.29, 0.717) is 24.5 Å². The van der Waals surface area contributed by atoms with Crippen LogP contribution >= 0.6 is 0 Å². The van der Waals surface area contributed by atoms with Gasteiger partial charge in [-0.15, -0.1) is 0 Å². The van der Waals surface area contributed by atoms with E-state index in [1.54, 1.807) is 26.0 Å². The number of pyridine rings is 1. The number of aromatic nitrogens is 1. The molecule has 194 valence electrons. The lowest BCUT2D eigenvalue weighted by Gasteiger charge is -2.23. The third-order valence-electron chi connectivity index (χ3n) is 7.07. The molecule has 3 heterocycles.